The number of allylic oxidation sites excluding steroid dienone is 4. The first kappa shape index (κ1) is 14.6. The molecule has 0 aromatic rings. The molecule has 0 bridgehead atoms. The number of hydrogen-bond acceptors (Lipinski definition) is 5. The van der Waals surface area contributed by atoms with Crippen molar-refractivity contribution in [3.63, 3.8) is 0 Å². The van der Waals surface area contributed by atoms with Crippen LogP contribution in [0.25, 0.3) is 0 Å². The summed E-state index contributed by atoms with van der Waals surface area (Å²) in [5, 5.41) is 0. The minimum absolute atomic E-state index is 0.172. The van der Waals surface area contributed by atoms with E-state index < -0.39 is 39.2 Å². The maximum absolute atomic E-state index is 12.3. The Morgan fingerprint density at radius 3 is 2.60 bits per heavy atom. The van der Waals surface area contributed by atoms with Crippen LogP contribution in [0.15, 0.2) is 35.8 Å². The number of ether oxygens (including phenoxy) is 1. The van der Waals surface area contributed by atoms with E-state index in [9.17, 15) is 26.4 Å². The normalized spacial score (nSPS) is 26.3. The lowest BCUT2D eigenvalue weighted by molar-refractivity contribution is -0.122. The van der Waals surface area contributed by atoms with Crippen LogP contribution in [-0.4, -0.2) is 25.8 Å². The van der Waals surface area contributed by atoms with Gasteiger partial charge in [0.05, 0.1) is 11.7 Å². The largest absolute Gasteiger partial charge is 0.534 e. The van der Waals surface area contributed by atoms with Gasteiger partial charge in [-0.3, -0.25) is 4.79 Å². The lowest BCUT2D eigenvalue weighted by Crippen LogP contribution is -2.37. The van der Waals surface area contributed by atoms with Gasteiger partial charge in [0.15, 0.2) is 17.6 Å². The quantitative estimate of drug-likeness (QED) is 0.574. The minimum Gasteiger partial charge on any atom is -0.486 e. The van der Waals surface area contributed by atoms with Gasteiger partial charge in [-0.2, -0.15) is 21.6 Å². The summed E-state index contributed by atoms with van der Waals surface area (Å²) in [6.07, 6.45) is 3.65. The molecule has 9 heteroatoms. The Morgan fingerprint density at radius 2 is 2.00 bits per heavy atom. The van der Waals surface area contributed by atoms with Crippen molar-refractivity contribution in [1.82, 2.24) is 0 Å². The third-order valence-corrected chi connectivity index (χ3v) is 3.64. The van der Waals surface area contributed by atoms with E-state index in [-0.39, 0.29) is 5.76 Å². The Kier molecular flexibility index (Phi) is 3.41. The van der Waals surface area contributed by atoms with E-state index in [0.29, 0.717) is 0 Å². The lowest BCUT2D eigenvalue weighted by Gasteiger charge is -2.31. The highest BCUT2D eigenvalue weighted by molar-refractivity contribution is 7.87. The second-order valence-electron chi connectivity index (χ2n) is 4.16. The third kappa shape index (κ3) is 2.58. The SMILES string of the molecule is CC1=CC(=O)C2C=CC=C(OS(=O)(=O)C(F)(F)F)C2O1. The number of fused-ring (bicyclic) bond motifs is 1. The number of ketones is 1. The van der Waals surface area contributed by atoms with E-state index in [0.717, 1.165) is 6.08 Å². The standard InChI is InChI=1S/C11H9F3O5S/c1-6-5-8(15)7-3-2-4-9(10(7)18-6)19-20(16,17)11(12,13)14/h2-5,7,10H,1H3. The van der Waals surface area contributed by atoms with Crippen molar-refractivity contribution < 1.29 is 35.3 Å². The second-order valence-corrected chi connectivity index (χ2v) is 5.70. The van der Waals surface area contributed by atoms with Gasteiger partial charge in [-0.15, -0.1) is 0 Å². The van der Waals surface area contributed by atoms with Crippen LogP contribution in [0.1, 0.15) is 6.92 Å². The van der Waals surface area contributed by atoms with E-state index >= 15 is 0 Å². The molecule has 0 fully saturated rings. The zero-order valence-corrected chi connectivity index (χ0v) is 10.9. The predicted octanol–water partition coefficient (Wildman–Crippen LogP) is 1.79. The molecule has 0 N–H and O–H groups in total. The molecular formula is C11H9F3O5S. The Labute approximate surface area is 112 Å². The first-order valence-corrected chi connectivity index (χ1v) is 6.80. The van der Waals surface area contributed by atoms with Crippen LogP contribution in [-0.2, 0) is 23.8 Å². The molecule has 0 aromatic carbocycles. The average molecular weight is 310 g/mol. The summed E-state index contributed by atoms with van der Waals surface area (Å²) >= 11 is 0. The molecule has 0 spiro atoms. The van der Waals surface area contributed by atoms with Crippen LogP contribution >= 0.6 is 0 Å². The van der Waals surface area contributed by atoms with Crippen LogP contribution in [0.3, 0.4) is 0 Å². The van der Waals surface area contributed by atoms with Crippen molar-refractivity contribution in [3.8, 4) is 0 Å². The van der Waals surface area contributed by atoms with Crippen LogP contribution in [0, 0.1) is 5.92 Å². The van der Waals surface area contributed by atoms with Gasteiger partial charge < -0.3 is 8.92 Å². The average Bonchev–Trinajstić information content (AvgIpc) is 2.28. The van der Waals surface area contributed by atoms with Crippen LogP contribution in [0.2, 0.25) is 0 Å². The monoisotopic (exact) mass is 310 g/mol. The zero-order valence-electron chi connectivity index (χ0n) is 10.0. The molecule has 1 aliphatic heterocycles. The van der Waals surface area contributed by atoms with Gasteiger partial charge in [-0.1, -0.05) is 12.2 Å². The summed E-state index contributed by atoms with van der Waals surface area (Å²) in [7, 11) is -5.80. The topological polar surface area (TPSA) is 69.7 Å². The molecule has 0 radical (unpaired) electrons. The Morgan fingerprint density at radius 1 is 1.35 bits per heavy atom. The fourth-order valence-electron chi connectivity index (χ4n) is 1.80. The van der Waals surface area contributed by atoms with E-state index in [1.807, 2.05) is 0 Å². The minimum atomic E-state index is -5.80. The molecule has 1 heterocycles. The van der Waals surface area contributed by atoms with Gasteiger partial charge >= 0.3 is 15.6 Å². The second kappa shape index (κ2) is 4.65. The summed E-state index contributed by atoms with van der Waals surface area (Å²) in [5.41, 5.74) is -5.55. The number of carbonyl (C=O) groups is 1. The van der Waals surface area contributed by atoms with E-state index in [2.05, 4.69) is 4.18 Å². The number of hydrogen-bond donors (Lipinski definition) is 0. The Hall–Kier alpha value is -1.77. The summed E-state index contributed by atoms with van der Waals surface area (Å²) in [5.74, 6) is -1.70. The number of carbonyl (C=O) groups excluding carboxylic acids is 1. The number of rotatable bonds is 2. The molecule has 0 aromatic heterocycles. The summed E-state index contributed by atoms with van der Waals surface area (Å²) < 4.78 is 68.1. The highest BCUT2D eigenvalue weighted by atomic mass is 32.2. The molecule has 0 saturated carbocycles. The van der Waals surface area contributed by atoms with Gasteiger partial charge in [0.1, 0.15) is 0 Å². The van der Waals surface area contributed by atoms with E-state index in [1.165, 1.54) is 25.2 Å². The van der Waals surface area contributed by atoms with Crippen molar-refractivity contribution >= 4 is 15.9 Å². The predicted molar refractivity (Wildman–Crippen MR) is 60.4 cm³/mol. The van der Waals surface area contributed by atoms with Crippen molar-refractivity contribution in [1.29, 1.82) is 0 Å². The van der Waals surface area contributed by atoms with Gasteiger partial charge in [-0.25, -0.2) is 0 Å². The molecule has 2 aliphatic rings. The van der Waals surface area contributed by atoms with Crippen molar-refractivity contribution in [2.24, 2.45) is 5.92 Å². The van der Waals surface area contributed by atoms with Crippen LogP contribution in [0.4, 0.5) is 13.2 Å². The molecule has 0 amide bonds. The summed E-state index contributed by atoms with van der Waals surface area (Å²) in [6, 6.07) is 0. The molecular weight excluding hydrogens is 301 g/mol. The first-order valence-electron chi connectivity index (χ1n) is 5.40. The smallest absolute Gasteiger partial charge is 0.486 e. The molecule has 5 nitrogen and oxygen atoms in total. The van der Waals surface area contributed by atoms with E-state index in [1.54, 1.807) is 0 Å². The molecule has 110 valence electrons. The molecule has 1 aliphatic carbocycles. The molecule has 2 atom stereocenters. The molecule has 2 rings (SSSR count). The molecule has 20 heavy (non-hydrogen) atoms. The van der Waals surface area contributed by atoms with Crippen LogP contribution in [0.5, 0.6) is 0 Å². The van der Waals surface area contributed by atoms with Crippen molar-refractivity contribution in [2.45, 2.75) is 18.5 Å². The Bertz CT molecular complexity index is 627. The van der Waals surface area contributed by atoms with Crippen molar-refractivity contribution in [3.05, 3.63) is 35.8 Å². The highest BCUT2D eigenvalue weighted by Gasteiger charge is 2.50. The van der Waals surface area contributed by atoms with Gasteiger partial charge in [0, 0.05) is 6.08 Å². The van der Waals surface area contributed by atoms with E-state index in [4.69, 9.17) is 4.74 Å². The fraction of sp³-hybridized carbons (Fsp3) is 0.364. The highest BCUT2D eigenvalue weighted by Crippen LogP contribution is 2.34. The molecule has 0 saturated heterocycles. The maximum Gasteiger partial charge on any atom is 0.534 e. The Balaban J connectivity index is 2.30. The van der Waals surface area contributed by atoms with Crippen LogP contribution < -0.4 is 0 Å². The van der Waals surface area contributed by atoms with Gasteiger partial charge in [0.25, 0.3) is 0 Å². The van der Waals surface area contributed by atoms with Crippen molar-refractivity contribution in [2.75, 3.05) is 0 Å². The number of halogens is 3. The molecule has 2 unspecified atom stereocenters. The summed E-state index contributed by atoms with van der Waals surface area (Å²) in [6.45, 7) is 1.43. The van der Waals surface area contributed by atoms with Gasteiger partial charge in [-0.05, 0) is 13.0 Å². The lowest BCUT2D eigenvalue weighted by atomic mass is 9.90. The zero-order chi connectivity index (χ0) is 15.1. The fourth-order valence-corrected chi connectivity index (χ4v) is 2.30. The van der Waals surface area contributed by atoms with Gasteiger partial charge in [0.2, 0.25) is 0 Å². The summed E-state index contributed by atoms with van der Waals surface area (Å²) in [4.78, 5) is 11.7. The third-order valence-electron chi connectivity index (χ3n) is 2.66. The number of alkyl halides is 3. The first-order chi connectivity index (χ1) is 9.12. The maximum atomic E-state index is 12.3.